The highest BCUT2D eigenvalue weighted by atomic mass is 19.1. The number of piperazine rings is 1. The first-order valence-corrected chi connectivity index (χ1v) is 10.8. The zero-order chi connectivity index (χ0) is 20.7. The van der Waals surface area contributed by atoms with Crippen LogP contribution in [0.5, 0.6) is 5.75 Å². The number of nitrogens with zero attached hydrogens (tertiary/aromatic N) is 2. The van der Waals surface area contributed by atoms with Crippen molar-refractivity contribution in [1.82, 2.24) is 5.32 Å². The summed E-state index contributed by atoms with van der Waals surface area (Å²) >= 11 is 0. The van der Waals surface area contributed by atoms with Crippen molar-refractivity contribution in [3.63, 3.8) is 0 Å². The highest BCUT2D eigenvalue weighted by Crippen LogP contribution is 2.39. The zero-order valence-electron chi connectivity index (χ0n) is 17.3. The van der Waals surface area contributed by atoms with Crippen LogP contribution < -0.4 is 19.9 Å². The lowest BCUT2D eigenvalue weighted by atomic mass is 9.83. The fourth-order valence-electron chi connectivity index (χ4n) is 4.79. The molecule has 2 atom stereocenters. The molecule has 1 saturated heterocycles. The number of hydrogen-bond donors (Lipinski definition) is 1. The third-order valence-corrected chi connectivity index (χ3v) is 6.72. The number of amides is 1. The maximum atomic E-state index is 13.4. The molecule has 2 heterocycles. The number of nitrogens with one attached hydrogen (secondary N) is 1. The summed E-state index contributed by atoms with van der Waals surface area (Å²) in [7, 11) is 1.68. The predicted octanol–water partition coefficient (Wildman–Crippen LogP) is 3.23. The molecule has 0 radical (unpaired) electrons. The molecule has 30 heavy (non-hydrogen) atoms. The molecule has 1 amide bonds. The standard InChI is InChI=1S/C24H28FN3O2/c1-30-20-9-4-17-12-21(24(29)26-14-16-2-3-16)23-15-27(10-11-28(23)22(17)13-20)19-7-5-18(25)6-8-19/h4-9,13,16,21,23H,2-3,10-12,14-15H2,1H3,(H,26,29)/t21-,23+/m1/s1. The second-order valence-corrected chi connectivity index (χ2v) is 8.68. The van der Waals surface area contributed by atoms with Crippen LogP contribution in [0.3, 0.4) is 0 Å². The van der Waals surface area contributed by atoms with Gasteiger partial charge in [-0.25, -0.2) is 4.39 Å². The Bertz CT molecular complexity index is 929. The predicted molar refractivity (Wildman–Crippen MR) is 116 cm³/mol. The Morgan fingerprint density at radius 2 is 1.97 bits per heavy atom. The van der Waals surface area contributed by atoms with Gasteiger partial charge >= 0.3 is 0 Å². The van der Waals surface area contributed by atoms with E-state index in [0.29, 0.717) is 5.92 Å². The van der Waals surface area contributed by atoms with E-state index < -0.39 is 0 Å². The largest absolute Gasteiger partial charge is 0.497 e. The molecule has 0 unspecified atom stereocenters. The van der Waals surface area contributed by atoms with Gasteiger partial charge in [-0.2, -0.15) is 0 Å². The minimum atomic E-state index is -0.228. The number of carbonyl (C=O) groups excluding carboxylic acids is 1. The third-order valence-electron chi connectivity index (χ3n) is 6.72. The summed E-state index contributed by atoms with van der Waals surface area (Å²) < 4.78 is 18.8. The first-order chi connectivity index (χ1) is 14.6. The lowest BCUT2D eigenvalue weighted by molar-refractivity contribution is -0.125. The number of rotatable bonds is 5. The number of hydrogen-bond acceptors (Lipinski definition) is 4. The Morgan fingerprint density at radius 1 is 1.17 bits per heavy atom. The molecule has 6 heteroatoms. The number of anilines is 2. The molecular formula is C24H28FN3O2. The van der Waals surface area contributed by atoms with Crippen molar-refractivity contribution in [2.75, 3.05) is 43.1 Å². The molecule has 2 aromatic rings. The van der Waals surface area contributed by atoms with E-state index in [1.54, 1.807) is 7.11 Å². The molecule has 1 saturated carbocycles. The minimum Gasteiger partial charge on any atom is -0.497 e. The molecule has 2 aliphatic heterocycles. The van der Waals surface area contributed by atoms with E-state index in [4.69, 9.17) is 4.74 Å². The van der Waals surface area contributed by atoms with Crippen molar-refractivity contribution in [3.8, 4) is 5.75 Å². The van der Waals surface area contributed by atoms with Crippen molar-refractivity contribution < 1.29 is 13.9 Å². The molecule has 1 N–H and O–H groups in total. The van der Waals surface area contributed by atoms with Gasteiger partial charge in [-0.3, -0.25) is 4.79 Å². The second-order valence-electron chi connectivity index (χ2n) is 8.68. The molecular weight excluding hydrogens is 381 g/mol. The lowest BCUT2D eigenvalue weighted by Crippen LogP contribution is -2.61. The zero-order valence-corrected chi connectivity index (χ0v) is 17.3. The van der Waals surface area contributed by atoms with Crippen LogP contribution in [0, 0.1) is 17.7 Å². The average molecular weight is 410 g/mol. The smallest absolute Gasteiger partial charge is 0.225 e. The van der Waals surface area contributed by atoms with Gasteiger partial charge in [0.1, 0.15) is 11.6 Å². The molecule has 0 bridgehead atoms. The second kappa shape index (κ2) is 7.82. The minimum absolute atomic E-state index is 0.0719. The van der Waals surface area contributed by atoms with Crippen LogP contribution in [-0.4, -0.2) is 45.2 Å². The maximum Gasteiger partial charge on any atom is 0.225 e. The van der Waals surface area contributed by atoms with E-state index in [9.17, 15) is 9.18 Å². The monoisotopic (exact) mass is 409 g/mol. The van der Waals surface area contributed by atoms with E-state index in [0.717, 1.165) is 44.0 Å². The number of fused-ring (bicyclic) bond motifs is 3. The number of benzene rings is 2. The molecule has 1 aliphatic carbocycles. The fraction of sp³-hybridized carbons (Fsp3) is 0.458. The van der Waals surface area contributed by atoms with Crippen molar-refractivity contribution in [1.29, 1.82) is 0 Å². The normalized spacial score (nSPS) is 22.9. The maximum absolute atomic E-state index is 13.4. The van der Waals surface area contributed by atoms with Gasteiger partial charge in [-0.1, -0.05) is 6.07 Å². The molecule has 0 aromatic heterocycles. The Kier molecular flexibility index (Phi) is 5.01. The molecule has 5 rings (SSSR count). The highest BCUT2D eigenvalue weighted by Gasteiger charge is 2.42. The highest BCUT2D eigenvalue weighted by molar-refractivity contribution is 5.82. The Balaban J connectivity index is 1.43. The summed E-state index contributed by atoms with van der Waals surface area (Å²) in [6.45, 7) is 3.17. The van der Waals surface area contributed by atoms with Gasteiger partial charge in [0.05, 0.1) is 19.1 Å². The summed E-state index contributed by atoms with van der Waals surface area (Å²) in [5.74, 6) is 1.32. The van der Waals surface area contributed by atoms with E-state index in [1.807, 2.05) is 18.2 Å². The SMILES string of the molecule is COc1ccc2c(c1)N1CCN(c3ccc(F)cc3)C[C@H]1[C@H](C(=O)NCC1CC1)C2. The first-order valence-electron chi connectivity index (χ1n) is 10.8. The van der Waals surface area contributed by atoms with Crippen LogP contribution in [0.2, 0.25) is 0 Å². The van der Waals surface area contributed by atoms with Crippen molar-refractivity contribution in [2.45, 2.75) is 25.3 Å². The van der Waals surface area contributed by atoms with Crippen LogP contribution in [0.15, 0.2) is 42.5 Å². The van der Waals surface area contributed by atoms with E-state index >= 15 is 0 Å². The molecule has 2 fully saturated rings. The summed E-state index contributed by atoms with van der Waals surface area (Å²) in [6.07, 6.45) is 3.18. The quantitative estimate of drug-likeness (QED) is 0.824. The molecule has 158 valence electrons. The molecule has 5 nitrogen and oxygen atoms in total. The van der Waals surface area contributed by atoms with Gasteiger partial charge < -0.3 is 19.9 Å². The molecule has 2 aromatic carbocycles. The van der Waals surface area contributed by atoms with Crippen LogP contribution in [0.1, 0.15) is 18.4 Å². The van der Waals surface area contributed by atoms with E-state index in [2.05, 4.69) is 27.2 Å². The Labute approximate surface area is 176 Å². The van der Waals surface area contributed by atoms with E-state index in [-0.39, 0.29) is 23.7 Å². The van der Waals surface area contributed by atoms with E-state index in [1.165, 1.54) is 36.2 Å². The molecule has 0 spiro atoms. The van der Waals surface area contributed by atoms with Gasteiger partial charge in [0, 0.05) is 43.6 Å². The van der Waals surface area contributed by atoms with Crippen molar-refractivity contribution >= 4 is 17.3 Å². The van der Waals surface area contributed by atoms with Gasteiger partial charge in [0.25, 0.3) is 0 Å². The van der Waals surface area contributed by atoms with Crippen LogP contribution in [-0.2, 0) is 11.2 Å². The summed E-state index contributed by atoms with van der Waals surface area (Å²) in [5.41, 5.74) is 3.38. The van der Waals surface area contributed by atoms with Gasteiger partial charge in [0.2, 0.25) is 5.91 Å². The van der Waals surface area contributed by atoms with Crippen LogP contribution in [0.25, 0.3) is 0 Å². The number of methoxy groups -OCH3 is 1. The topological polar surface area (TPSA) is 44.8 Å². The van der Waals surface area contributed by atoms with Crippen molar-refractivity contribution in [2.24, 2.45) is 11.8 Å². The summed E-state index contributed by atoms with van der Waals surface area (Å²) in [5, 5.41) is 3.20. The van der Waals surface area contributed by atoms with Gasteiger partial charge in [-0.05, 0) is 61.1 Å². The number of halogens is 1. The Morgan fingerprint density at radius 3 is 2.70 bits per heavy atom. The van der Waals surface area contributed by atoms with Gasteiger partial charge in [-0.15, -0.1) is 0 Å². The van der Waals surface area contributed by atoms with Crippen molar-refractivity contribution in [3.05, 3.63) is 53.8 Å². The lowest BCUT2D eigenvalue weighted by Gasteiger charge is -2.49. The van der Waals surface area contributed by atoms with Crippen LogP contribution >= 0.6 is 0 Å². The Hall–Kier alpha value is -2.76. The number of carbonyl (C=O) groups is 1. The summed E-state index contributed by atoms with van der Waals surface area (Å²) in [4.78, 5) is 17.8. The third kappa shape index (κ3) is 3.71. The fourth-order valence-corrected chi connectivity index (χ4v) is 4.79. The first kappa shape index (κ1) is 19.2. The van der Waals surface area contributed by atoms with Crippen LogP contribution in [0.4, 0.5) is 15.8 Å². The van der Waals surface area contributed by atoms with Gasteiger partial charge in [0.15, 0.2) is 0 Å². The molecule has 3 aliphatic rings. The number of ether oxygens (including phenoxy) is 1. The summed E-state index contributed by atoms with van der Waals surface area (Å²) in [6, 6.07) is 12.9. The average Bonchev–Trinajstić information content (AvgIpc) is 3.61.